The van der Waals surface area contributed by atoms with Crippen LogP contribution in [-0.4, -0.2) is 28.6 Å². The molecule has 1 fully saturated rings. The van der Waals surface area contributed by atoms with Crippen molar-refractivity contribution < 1.29 is 0 Å². The quantitative estimate of drug-likeness (QED) is 0.466. The lowest BCUT2D eigenvalue weighted by atomic mass is 9.89. The zero-order valence-electron chi connectivity index (χ0n) is 18.3. The van der Waals surface area contributed by atoms with Crippen LogP contribution >= 0.6 is 0 Å². The first-order valence-electron chi connectivity index (χ1n) is 10.2. The number of hydrogen-bond donors (Lipinski definition) is 3. The molecule has 0 unspecified atom stereocenters. The first-order chi connectivity index (χ1) is 15.0. The van der Waals surface area contributed by atoms with Gasteiger partial charge in [0.25, 0.3) is 0 Å². The van der Waals surface area contributed by atoms with E-state index >= 15 is 0 Å². The third-order valence-corrected chi connectivity index (χ3v) is 5.17. The van der Waals surface area contributed by atoms with Gasteiger partial charge in [0.15, 0.2) is 0 Å². The summed E-state index contributed by atoms with van der Waals surface area (Å²) < 4.78 is 0. The number of nitrogens with zero attached hydrogens (tertiary/aromatic N) is 2. The van der Waals surface area contributed by atoms with Gasteiger partial charge in [-0.25, -0.2) is 9.97 Å². The minimum absolute atomic E-state index is 0.143. The summed E-state index contributed by atoms with van der Waals surface area (Å²) in [5.74, 6) is 0.478. The van der Waals surface area contributed by atoms with E-state index in [9.17, 15) is 0 Å². The number of nitrogens with two attached hydrogens (primary N) is 2. The van der Waals surface area contributed by atoms with Gasteiger partial charge in [-0.15, -0.1) is 12.8 Å². The number of nitrogens with one attached hydrogen (secondary N) is 1. The highest BCUT2D eigenvalue weighted by atomic mass is 15.1. The predicted molar refractivity (Wildman–Crippen MR) is 134 cm³/mol. The Hall–Kier alpha value is -3.46. The summed E-state index contributed by atoms with van der Waals surface area (Å²) in [5.41, 5.74) is 17.1. The van der Waals surface area contributed by atoms with Crippen LogP contribution in [0.15, 0.2) is 67.4 Å². The highest BCUT2D eigenvalue weighted by Crippen LogP contribution is 2.31. The molecule has 5 nitrogen and oxygen atoms in total. The summed E-state index contributed by atoms with van der Waals surface area (Å²) in [6.07, 6.45) is 24.6. The Labute approximate surface area is 185 Å². The fourth-order valence-corrected chi connectivity index (χ4v) is 3.39. The van der Waals surface area contributed by atoms with Crippen molar-refractivity contribution in [3.8, 4) is 12.8 Å². The first kappa shape index (κ1) is 23.8. The number of terminal acetylenes is 1. The molecule has 0 spiro atoms. The molecule has 0 saturated carbocycles. The van der Waals surface area contributed by atoms with E-state index in [4.69, 9.17) is 16.5 Å². The van der Waals surface area contributed by atoms with Crippen LogP contribution in [0.3, 0.4) is 0 Å². The van der Waals surface area contributed by atoms with Gasteiger partial charge in [0.1, 0.15) is 5.82 Å². The molecule has 0 bridgehead atoms. The minimum Gasteiger partial charge on any atom is -0.383 e. The van der Waals surface area contributed by atoms with E-state index in [1.54, 1.807) is 12.3 Å². The van der Waals surface area contributed by atoms with Crippen molar-refractivity contribution in [1.82, 2.24) is 15.3 Å². The summed E-state index contributed by atoms with van der Waals surface area (Å²) in [7, 11) is 0. The van der Waals surface area contributed by atoms with Gasteiger partial charge in [0, 0.05) is 35.8 Å². The van der Waals surface area contributed by atoms with Crippen molar-refractivity contribution in [2.24, 2.45) is 5.73 Å². The number of fused-ring (bicyclic) bond motifs is 1. The van der Waals surface area contributed by atoms with Gasteiger partial charge < -0.3 is 16.8 Å². The monoisotopic (exact) mass is 413 g/mol. The maximum absolute atomic E-state index is 6.32. The second-order valence-corrected chi connectivity index (χ2v) is 7.30. The maximum Gasteiger partial charge on any atom is 0.132 e. The Balaban J connectivity index is 0.00000166. The molecule has 160 valence electrons. The number of rotatable bonds is 7. The van der Waals surface area contributed by atoms with E-state index in [1.165, 1.54) is 0 Å². The van der Waals surface area contributed by atoms with E-state index in [0.717, 1.165) is 52.8 Å². The molecule has 0 atom stereocenters. The van der Waals surface area contributed by atoms with Crippen molar-refractivity contribution in [3.05, 3.63) is 78.7 Å². The van der Waals surface area contributed by atoms with Crippen LogP contribution in [0, 0.1) is 12.8 Å². The predicted octanol–water partition coefficient (Wildman–Crippen LogP) is 4.26. The molecule has 2 aromatic heterocycles. The first-order valence-corrected chi connectivity index (χ1v) is 10.2. The van der Waals surface area contributed by atoms with Gasteiger partial charge in [-0.3, -0.25) is 0 Å². The topological polar surface area (TPSA) is 89.8 Å². The second-order valence-electron chi connectivity index (χ2n) is 7.30. The third-order valence-electron chi connectivity index (χ3n) is 5.17. The highest BCUT2D eigenvalue weighted by Gasteiger charge is 2.30. The lowest BCUT2D eigenvalue weighted by Crippen LogP contribution is -2.65. The van der Waals surface area contributed by atoms with Gasteiger partial charge in [0.2, 0.25) is 0 Å². The molecule has 2 aromatic rings. The smallest absolute Gasteiger partial charge is 0.132 e. The van der Waals surface area contributed by atoms with Gasteiger partial charge in [0.05, 0.1) is 11.2 Å². The van der Waals surface area contributed by atoms with Crippen molar-refractivity contribution in [1.29, 1.82) is 0 Å². The molecule has 1 saturated heterocycles. The molecule has 0 aromatic carbocycles. The molecule has 1 aliphatic rings. The Morgan fingerprint density at radius 1 is 1.23 bits per heavy atom. The zero-order chi connectivity index (χ0) is 22.9. The summed E-state index contributed by atoms with van der Waals surface area (Å²) in [6, 6.07) is 3.96. The number of nitrogen functional groups attached to an aromatic ring is 1. The molecule has 3 rings (SSSR count). The molecule has 0 amide bonds. The van der Waals surface area contributed by atoms with Crippen molar-refractivity contribution in [2.45, 2.75) is 25.8 Å². The summed E-state index contributed by atoms with van der Waals surface area (Å²) in [6.45, 7) is 9.51. The standard InChI is InChI=1S/C24H29N5.C2H2/c1-4-7-9-17(5-2)19-14-20-21(11-13-28-23(20)25)29-22(19)18(6-3)10-8-12-24(26)15-27-16-24;1-2/h4-11,13-14,27H,1,12,15-16,26H2,2-3H3,(H2,25,28);1-2H/b9-7-,10-8-,17-5+,18-6+;. The number of pyridine rings is 2. The molecule has 31 heavy (non-hydrogen) atoms. The Morgan fingerprint density at radius 3 is 2.52 bits per heavy atom. The van der Waals surface area contributed by atoms with Crippen LogP contribution in [0.2, 0.25) is 0 Å². The van der Waals surface area contributed by atoms with Crippen LogP contribution in [0.4, 0.5) is 5.82 Å². The highest BCUT2D eigenvalue weighted by molar-refractivity contribution is 5.95. The molecule has 1 aliphatic heterocycles. The average Bonchev–Trinajstić information content (AvgIpc) is 2.77. The second kappa shape index (κ2) is 11.1. The normalized spacial score (nSPS) is 16.2. The number of allylic oxidation sites excluding steroid dienone is 8. The van der Waals surface area contributed by atoms with E-state index in [-0.39, 0.29) is 5.54 Å². The third kappa shape index (κ3) is 5.58. The van der Waals surface area contributed by atoms with Gasteiger partial charge in [-0.1, -0.05) is 49.1 Å². The number of hydrogen-bond acceptors (Lipinski definition) is 5. The number of anilines is 1. The molecular weight excluding hydrogens is 382 g/mol. The van der Waals surface area contributed by atoms with Crippen LogP contribution in [0.25, 0.3) is 22.0 Å². The Bertz CT molecular complexity index is 1070. The fraction of sp³-hybridized carbons (Fsp3) is 0.231. The van der Waals surface area contributed by atoms with E-state index in [1.807, 2.05) is 32.1 Å². The van der Waals surface area contributed by atoms with Gasteiger partial charge >= 0.3 is 0 Å². The van der Waals surface area contributed by atoms with E-state index < -0.39 is 0 Å². The van der Waals surface area contributed by atoms with Gasteiger partial charge in [-0.05, 0) is 43.5 Å². The minimum atomic E-state index is -0.143. The van der Waals surface area contributed by atoms with Crippen molar-refractivity contribution in [2.75, 3.05) is 18.8 Å². The van der Waals surface area contributed by atoms with Crippen LogP contribution in [0.5, 0.6) is 0 Å². The Morgan fingerprint density at radius 2 is 1.94 bits per heavy atom. The maximum atomic E-state index is 6.32. The molecule has 0 radical (unpaired) electrons. The van der Waals surface area contributed by atoms with Crippen molar-refractivity contribution >= 4 is 27.9 Å². The molecule has 5 heteroatoms. The SMILES string of the molecule is C#C.C=C/C=C\C(=C/C)c1cc2c(N)nccc2nc1C(/C=C\CC1(N)CNC1)=C/C. The van der Waals surface area contributed by atoms with Crippen molar-refractivity contribution in [3.63, 3.8) is 0 Å². The summed E-state index contributed by atoms with van der Waals surface area (Å²) in [5, 5.41) is 4.08. The summed E-state index contributed by atoms with van der Waals surface area (Å²) in [4.78, 5) is 9.17. The fourth-order valence-electron chi connectivity index (χ4n) is 3.39. The van der Waals surface area contributed by atoms with E-state index in [0.29, 0.717) is 5.82 Å². The molecule has 5 N–H and O–H groups in total. The molecule has 3 heterocycles. The van der Waals surface area contributed by atoms with Gasteiger partial charge in [-0.2, -0.15) is 0 Å². The Kier molecular flexibility index (Phi) is 8.51. The molecular formula is C26H31N5. The van der Waals surface area contributed by atoms with Crippen LogP contribution in [0.1, 0.15) is 31.5 Å². The lowest BCUT2D eigenvalue weighted by molar-refractivity contribution is 0.284. The largest absolute Gasteiger partial charge is 0.383 e. The number of aromatic nitrogens is 2. The van der Waals surface area contributed by atoms with Crippen LogP contribution in [-0.2, 0) is 0 Å². The zero-order valence-corrected chi connectivity index (χ0v) is 18.3. The lowest BCUT2D eigenvalue weighted by Gasteiger charge is -2.38. The molecule has 0 aliphatic carbocycles. The summed E-state index contributed by atoms with van der Waals surface area (Å²) >= 11 is 0. The van der Waals surface area contributed by atoms with E-state index in [2.05, 4.69) is 60.1 Å². The van der Waals surface area contributed by atoms with Crippen LogP contribution < -0.4 is 16.8 Å². The average molecular weight is 414 g/mol.